The quantitative estimate of drug-likeness (QED) is 0.201. The van der Waals surface area contributed by atoms with Crippen LogP contribution in [0, 0.1) is 0 Å². The Balaban J connectivity index is 1.55. The van der Waals surface area contributed by atoms with E-state index in [0.717, 1.165) is 39.0 Å². The van der Waals surface area contributed by atoms with E-state index < -0.39 is 0 Å². The Morgan fingerprint density at radius 3 is 1.36 bits per heavy atom. The van der Waals surface area contributed by atoms with Crippen molar-refractivity contribution in [3.63, 3.8) is 0 Å². The molecule has 0 radical (unpaired) electrons. The highest BCUT2D eigenvalue weighted by Gasteiger charge is 2.13. The van der Waals surface area contributed by atoms with Crippen LogP contribution in [-0.2, 0) is 0 Å². The first-order chi connectivity index (χ1) is 17.8. The van der Waals surface area contributed by atoms with Crippen LogP contribution in [0.15, 0.2) is 82.0 Å². The van der Waals surface area contributed by atoms with Crippen LogP contribution in [0.4, 0.5) is 0 Å². The molecule has 0 atom stereocenters. The fraction of sp³-hybridized carbons (Fsp3) is 0.438. The molecule has 3 rings (SSSR count). The lowest BCUT2D eigenvalue weighted by molar-refractivity contribution is 0.141. The van der Waals surface area contributed by atoms with E-state index in [2.05, 4.69) is 109 Å². The van der Waals surface area contributed by atoms with Crippen LogP contribution in [0.25, 0.3) is 12.2 Å². The Hall–Kier alpha value is -3.14. The van der Waals surface area contributed by atoms with E-state index >= 15 is 0 Å². The molecule has 1 fully saturated rings. The molecule has 192 valence electrons. The monoisotopic (exact) mass is 484 g/mol. The number of nitrogens with zero attached hydrogens (tertiary/aromatic N) is 4. The van der Waals surface area contributed by atoms with Crippen LogP contribution < -0.4 is 0 Å². The van der Waals surface area contributed by atoms with Gasteiger partial charge in [-0.3, -0.25) is 10.0 Å². The summed E-state index contributed by atoms with van der Waals surface area (Å²) in [5, 5.41) is 14.1. The Kier molecular flexibility index (Phi) is 12.6. The molecule has 4 heteroatoms. The predicted octanol–water partition coefficient (Wildman–Crippen LogP) is 7.90. The Morgan fingerprint density at radius 1 is 0.611 bits per heavy atom. The van der Waals surface area contributed by atoms with Gasteiger partial charge in [0.25, 0.3) is 0 Å². The minimum absolute atomic E-state index is 0.898. The minimum Gasteiger partial charge on any atom is -0.293 e. The van der Waals surface area contributed by atoms with Crippen LogP contribution in [-0.4, -0.2) is 48.6 Å². The van der Waals surface area contributed by atoms with Crippen LogP contribution in [0.5, 0.6) is 0 Å². The number of piperazine rings is 1. The number of benzene rings is 2. The molecular formula is C32H44N4. The summed E-state index contributed by atoms with van der Waals surface area (Å²) in [5.74, 6) is 0. The zero-order valence-corrected chi connectivity index (χ0v) is 22.4. The summed E-state index contributed by atoms with van der Waals surface area (Å²) >= 11 is 0. The van der Waals surface area contributed by atoms with Gasteiger partial charge in [0.15, 0.2) is 0 Å². The van der Waals surface area contributed by atoms with Gasteiger partial charge in [0.1, 0.15) is 0 Å². The molecule has 36 heavy (non-hydrogen) atoms. The summed E-state index contributed by atoms with van der Waals surface area (Å²) in [6, 6.07) is 21.1. The fourth-order valence-corrected chi connectivity index (χ4v) is 4.26. The van der Waals surface area contributed by atoms with E-state index in [1.54, 1.807) is 0 Å². The van der Waals surface area contributed by atoms with Crippen molar-refractivity contribution in [1.29, 1.82) is 0 Å². The van der Waals surface area contributed by atoms with Gasteiger partial charge < -0.3 is 0 Å². The molecule has 0 aliphatic carbocycles. The molecule has 0 aromatic heterocycles. The number of hydrogen-bond acceptors (Lipinski definition) is 4. The van der Waals surface area contributed by atoms with Crippen molar-refractivity contribution in [2.45, 2.75) is 65.2 Å². The summed E-state index contributed by atoms with van der Waals surface area (Å²) in [5.41, 5.74) is 5.09. The lowest BCUT2D eigenvalue weighted by Gasteiger charge is -2.31. The Labute approximate surface area is 219 Å². The van der Waals surface area contributed by atoms with Crippen LogP contribution in [0.2, 0.25) is 0 Å². The molecule has 1 aliphatic rings. The lowest BCUT2D eigenvalue weighted by atomic mass is 10.1. The molecule has 0 unspecified atom stereocenters. The highest BCUT2D eigenvalue weighted by molar-refractivity contribution is 5.86. The maximum atomic E-state index is 4.84. The van der Waals surface area contributed by atoms with Gasteiger partial charge in [-0.15, -0.1) is 0 Å². The highest BCUT2D eigenvalue weighted by atomic mass is 15.5. The molecule has 0 bridgehead atoms. The van der Waals surface area contributed by atoms with E-state index in [4.69, 9.17) is 10.2 Å². The van der Waals surface area contributed by atoms with Crippen molar-refractivity contribution in [2.24, 2.45) is 10.2 Å². The average molecular weight is 485 g/mol. The smallest absolute Gasteiger partial charge is 0.0553 e. The summed E-state index contributed by atoms with van der Waals surface area (Å²) in [4.78, 5) is 0. The average Bonchev–Trinajstić information content (AvgIpc) is 2.92. The molecule has 2 aromatic rings. The van der Waals surface area contributed by atoms with Crippen LogP contribution >= 0.6 is 0 Å². The van der Waals surface area contributed by atoms with Crippen LogP contribution in [0.3, 0.4) is 0 Å². The third-order valence-corrected chi connectivity index (χ3v) is 6.45. The summed E-state index contributed by atoms with van der Waals surface area (Å²) < 4.78 is 0. The van der Waals surface area contributed by atoms with E-state index in [0.29, 0.717) is 0 Å². The van der Waals surface area contributed by atoms with Gasteiger partial charge in [-0.2, -0.15) is 10.2 Å². The molecule has 0 amide bonds. The summed E-state index contributed by atoms with van der Waals surface area (Å²) in [6.45, 7) is 8.10. The van der Waals surface area contributed by atoms with Crippen LogP contribution in [0.1, 0.15) is 76.3 Å². The van der Waals surface area contributed by atoms with Gasteiger partial charge in [-0.1, -0.05) is 112 Å². The number of allylic oxidation sites excluding steroid dienone is 2. The lowest BCUT2D eigenvalue weighted by Crippen LogP contribution is -2.41. The molecule has 0 spiro atoms. The van der Waals surface area contributed by atoms with E-state index in [-0.39, 0.29) is 0 Å². The summed E-state index contributed by atoms with van der Waals surface area (Å²) in [7, 11) is 0. The van der Waals surface area contributed by atoms with E-state index in [1.165, 1.54) is 60.8 Å². The highest BCUT2D eigenvalue weighted by Crippen LogP contribution is 2.15. The molecule has 0 saturated carbocycles. The minimum atomic E-state index is 0.898. The van der Waals surface area contributed by atoms with Crippen molar-refractivity contribution in [2.75, 3.05) is 26.2 Å². The second-order valence-electron chi connectivity index (χ2n) is 9.57. The molecule has 4 nitrogen and oxygen atoms in total. The first kappa shape index (κ1) is 27.4. The molecule has 1 heterocycles. The number of unbranched alkanes of at least 4 members (excludes halogenated alkanes) is 4. The van der Waals surface area contributed by atoms with Gasteiger partial charge in [-0.05, 0) is 48.0 Å². The Morgan fingerprint density at radius 2 is 1.00 bits per heavy atom. The van der Waals surface area contributed by atoms with E-state index in [1.807, 2.05) is 0 Å². The third-order valence-electron chi connectivity index (χ3n) is 6.45. The second-order valence-corrected chi connectivity index (χ2v) is 9.57. The first-order valence-corrected chi connectivity index (χ1v) is 13.9. The molecule has 1 aliphatic heterocycles. The molecule has 0 N–H and O–H groups in total. The molecule has 1 saturated heterocycles. The first-order valence-electron chi connectivity index (χ1n) is 13.9. The summed E-state index contributed by atoms with van der Waals surface area (Å²) in [6.07, 6.45) is 18.3. The van der Waals surface area contributed by atoms with Crippen molar-refractivity contribution < 1.29 is 0 Å². The maximum Gasteiger partial charge on any atom is 0.0553 e. The van der Waals surface area contributed by atoms with Gasteiger partial charge >= 0.3 is 0 Å². The predicted molar refractivity (Wildman–Crippen MR) is 157 cm³/mol. The van der Waals surface area contributed by atoms with Crippen molar-refractivity contribution in [1.82, 2.24) is 10.0 Å². The number of hydrazone groups is 2. The van der Waals surface area contributed by atoms with Crippen molar-refractivity contribution >= 4 is 24.6 Å². The van der Waals surface area contributed by atoms with Gasteiger partial charge in [-0.25, -0.2) is 0 Å². The van der Waals surface area contributed by atoms with Crippen molar-refractivity contribution in [3.8, 4) is 0 Å². The second kappa shape index (κ2) is 16.5. The fourth-order valence-electron chi connectivity index (χ4n) is 4.26. The van der Waals surface area contributed by atoms with E-state index in [9.17, 15) is 0 Å². The van der Waals surface area contributed by atoms with Crippen molar-refractivity contribution in [3.05, 3.63) is 82.9 Å². The normalized spacial score (nSPS) is 15.4. The third kappa shape index (κ3) is 10.6. The number of rotatable bonds is 14. The maximum absolute atomic E-state index is 4.84. The molecule has 2 aromatic carbocycles. The van der Waals surface area contributed by atoms with Gasteiger partial charge in [0, 0.05) is 0 Å². The standard InChI is InChI=1S/C32H44N4/c1-3-5-9-19-31(25-29-15-11-7-12-16-29)27-33-35-21-23-36(24-22-35)34-28-32(20-10-6-4-2)26-30-17-13-8-14-18-30/h7-8,11-18,25-28H,3-6,9-10,19-24H2,1-2H3/b31-25-,32-26-,33-27+,34-28+. The van der Waals surface area contributed by atoms with Gasteiger partial charge in [0.05, 0.1) is 38.6 Å². The zero-order chi connectivity index (χ0) is 25.3. The van der Waals surface area contributed by atoms with Gasteiger partial charge in [0.2, 0.25) is 0 Å². The Bertz CT molecular complexity index is 886. The largest absolute Gasteiger partial charge is 0.293 e. The zero-order valence-electron chi connectivity index (χ0n) is 22.4. The SMILES string of the molecule is CCCCCC(=C/c1ccccc1)/C=N/N1CCN(/N=C/C(=C\c2ccccc2)CCCCC)CC1. The number of hydrogen-bond donors (Lipinski definition) is 0. The topological polar surface area (TPSA) is 31.2 Å². The molecular weight excluding hydrogens is 440 g/mol.